The molecule has 0 aliphatic rings. The second-order valence-corrected chi connectivity index (χ2v) is 6.71. The molecule has 0 aliphatic heterocycles. The van der Waals surface area contributed by atoms with Gasteiger partial charge in [-0.05, 0) is 48.0 Å². The first-order chi connectivity index (χ1) is 12.1. The zero-order valence-corrected chi connectivity index (χ0v) is 14.4. The van der Waals surface area contributed by atoms with Crippen LogP contribution in [0.25, 0.3) is 11.6 Å². The molecule has 1 heterocycles. The topological polar surface area (TPSA) is 40.9 Å². The van der Waals surface area contributed by atoms with Crippen molar-refractivity contribution in [2.45, 2.75) is 0 Å². The van der Waals surface area contributed by atoms with E-state index in [1.165, 1.54) is 29.5 Å². The van der Waals surface area contributed by atoms with Crippen molar-refractivity contribution >= 4 is 40.4 Å². The van der Waals surface area contributed by atoms with Crippen molar-refractivity contribution in [2.75, 3.05) is 0 Å². The molecule has 3 aromatic rings. The number of nitrogens with zero attached hydrogens (tertiary/aromatic N) is 1. The summed E-state index contributed by atoms with van der Waals surface area (Å²) < 4.78 is 13.8. The van der Waals surface area contributed by atoms with Gasteiger partial charge in [-0.15, -0.1) is 11.3 Å². The Bertz CT molecular complexity index is 999. The Morgan fingerprint density at radius 1 is 1.04 bits per heavy atom. The number of halogens is 2. The van der Waals surface area contributed by atoms with E-state index in [1.54, 1.807) is 48.5 Å². The van der Waals surface area contributed by atoms with Crippen molar-refractivity contribution in [3.05, 3.63) is 92.4 Å². The van der Waals surface area contributed by atoms with Gasteiger partial charge in [-0.1, -0.05) is 35.9 Å². The molecule has 0 bridgehead atoms. The summed E-state index contributed by atoms with van der Waals surface area (Å²) in [6.07, 6.45) is 1.72. The van der Waals surface area contributed by atoms with Gasteiger partial charge in [0, 0.05) is 9.90 Å². The molecule has 5 heteroatoms. The van der Waals surface area contributed by atoms with Crippen LogP contribution in [0.4, 0.5) is 4.39 Å². The highest BCUT2D eigenvalue weighted by atomic mass is 35.5. The third-order valence-electron chi connectivity index (χ3n) is 3.52. The maximum atomic E-state index is 13.8. The Balaban J connectivity index is 1.92. The van der Waals surface area contributed by atoms with Gasteiger partial charge in [0.2, 0.25) is 5.78 Å². The second kappa shape index (κ2) is 7.43. The molecule has 3 rings (SSSR count). The highest BCUT2D eigenvalue weighted by Gasteiger charge is 2.16. The quantitative estimate of drug-likeness (QED) is 0.429. The standard InChI is InChI=1S/C20H11ClFNOS/c21-15-7-5-13(6-8-15)11-14(12-23)18-9-10-19(25-18)20(24)16-3-1-2-4-17(16)22/h1-11H/b14-11-. The number of nitriles is 1. The molecule has 0 saturated heterocycles. The third-order valence-corrected chi connectivity index (χ3v) is 4.88. The van der Waals surface area contributed by atoms with Crippen molar-refractivity contribution in [1.29, 1.82) is 5.26 Å². The minimum absolute atomic E-state index is 0.0242. The number of ketones is 1. The van der Waals surface area contributed by atoms with E-state index >= 15 is 0 Å². The number of benzene rings is 2. The van der Waals surface area contributed by atoms with Gasteiger partial charge in [0.1, 0.15) is 11.9 Å². The van der Waals surface area contributed by atoms with Crippen LogP contribution in [-0.4, -0.2) is 5.78 Å². The van der Waals surface area contributed by atoms with Crippen molar-refractivity contribution in [2.24, 2.45) is 0 Å². The number of rotatable bonds is 4. The number of thiophene rings is 1. The van der Waals surface area contributed by atoms with Gasteiger partial charge < -0.3 is 0 Å². The van der Waals surface area contributed by atoms with Crippen LogP contribution in [-0.2, 0) is 0 Å². The number of hydrogen-bond acceptors (Lipinski definition) is 3. The number of carbonyl (C=O) groups excluding carboxylic acids is 1. The first kappa shape index (κ1) is 17.1. The van der Waals surface area contributed by atoms with Gasteiger partial charge in [-0.2, -0.15) is 5.26 Å². The zero-order chi connectivity index (χ0) is 17.8. The molecule has 1 aromatic heterocycles. The maximum absolute atomic E-state index is 13.8. The predicted molar refractivity (Wildman–Crippen MR) is 99.1 cm³/mol. The lowest BCUT2D eigenvalue weighted by molar-refractivity contribution is 0.103. The summed E-state index contributed by atoms with van der Waals surface area (Å²) in [7, 11) is 0. The van der Waals surface area contributed by atoms with Crippen LogP contribution in [0.15, 0.2) is 60.7 Å². The summed E-state index contributed by atoms with van der Waals surface area (Å²) in [4.78, 5) is 13.5. The first-order valence-electron chi connectivity index (χ1n) is 7.35. The van der Waals surface area contributed by atoms with E-state index in [9.17, 15) is 14.4 Å². The average Bonchev–Trinajstić information content (AvgIpc) is 3.11. The van der Waals surface area contributed by atoms with E-state index in [1.807, 2.05) is 0 Å². The van der Waals surface area contributed by atoms with Crippen molar-refractivity contribution in [3.8, 4) is 6.07 Å². The van der Waals surface area contributed by atoms with Crippen LogP contribution in [0.5, 0.6) is 0 Å². The van der Waals surface area contributed by atoms with E-state index in [4.69, 9.17) is 11.6 Å². The Morgan fingerprint density at radius 3 is 2.40 bits per heavy atom. The fourth-order valence-electron chi connectivity index (χ4n) is 2.27. The summed E-state index contributed by atoms with van der Waals surface area (Å²) in [5.41, 5.74) is 1.28. The van der Waals surface area contributed by atoms with Crippen molar-refractivity contribution in [1.82, 2.24) is 0 Å². The van der Waals surface area contributed by atoms with Gasteiger partial charge in [-0.25, -0.2) is 4.39 Å². The van der Waals surface area contributed by atoms with Crippen LogP contribution >= 0.6 is 22.9 Å². The zero-order valence-electron chi connectivity index (χ0n) is 12.9. The molecule has 0 saturated carbocycles. The molecule has 0 spiro atoms. The van der Waals surface area contributed by atoms with Crippen molar-refractivity contribution < 1.29 is 9.18 Å². The molecular formula is C20H11ClFNOS. The highest BCUT2D eigenvalue weighted by molar-refractivity contribution is 7.15. The lowest BCUT2D eigenvalue weighted by Gasteiger charge is -1.99. The molecule has 0 fully saturated rings. The van der Waals surface area contributed by atoms with Crippen LogP contribution in [0.1, 0.15) is 25.7 Å². The molecule has 0 unspecified atom stereocenters. The van der Waals surface area contributed by atoms with E-state index in [0.717, 1.165) is 5.56 Å². The van der Waals surface area contributed by atoms with Gasteiger partial charge in [0.15, 0.2) is 0 Å². The molecular weight excluding hydrogens is 357 g/mol. The van der Waals surface area contributed by atoms with E-state index < -0.39 is 11.6 Å². The number of carbonyl (C=O) groups is 1. The summed E-state index contributed by atoms with van der Waals surface area (Å²) in [6, 6.07) is 18.4. The monoisotopic (exact) mass is 367 g/mol. The minimum Gasteiger partial charge on any atom is -0.288 e. The molecule has 0 atom stereocenters. The minimum atomic E-state index is -0.556. The largest absolute Gasteiger partial charge is 0.288 e. The third kappa shape index (κ3) is 3.85. The molecule has 0 amide bonds. The summed E-state index contributed by atoms with van der Waals surface area (Å²) >= 11 is 7.02. The van der Waals surface area contributed by atoms with Crippen LogP contribution in [0, 0.1) is 17.1 Å². The Hall–Kier alpha value is -2.74. The fraction of sp³-hybridized carbons (Fsp3) is 0. The lowest BCUT2D eigenvalue weighted by Crippen LogP contribution is -2.01. The SMILES string of the molecule is N#C/C(=C/c1ccc(Cl)cc1)c1ccc(C(=O)c2ccccc2F)s1. The summed E-state index contributed by atoms with van der Waals surface area (Å²) in [5, 5.41) is 10.0. The van der Waals surface area contributed by atoms with E-state index in [-0.39, 0.29) is 5.56 Å². The normalized spacial score (nSPS) is 11.2. The fourth-order valence-corrected chi connectivity index (χ4v) is 3.32. The Labute approximate surface area is 153 Å². The second-order valence-electron chi connectivity index (χ2n) is 5.19. The number of hydrogen-bond donors (Lipinski definition) is 0. The van der Waals surface area contributed by atoms with Crippen LogP contribution < -0.4 is 0 Å². The van der Waals surface area contributed by atoms with Crippen molar-refractivity contribution in [3.63, 3.8) is 0 Å². The highest BCUT2D eigenvalue weighted by Crippen LogP contribution is 2.28. The smallest absolute Gasteiger partial charge is 0.205 e. The van der Waals surface area contributed by atoms with Gasteiger partial charge in [0.05, 0.1) is 16.0 Å². The number of allylic oxidation sites excluding steroid dienone is 1. The predicted octanol–water partition coefficient (Wildman–Crippen LogP) is 5.84. The van der Waals surface area contributed by atoms with Gasteiger partial charge in [0.25, 0.3) is 0 Å². The van der Waals surface area contributed by atoms with E-state index in [2.05, 4.69) is 6.07 Å². The molecule has 25 heavy (non-hydrogen) atoms. The molecule has 0 N–H and O–H groups in total. The molecule has 122 valence electrons. The Kier molecular flexibility index (Phi) is 5.08. The first-order valence-corrected chi connectivity index (χ1v) is 8.55. The maximum Gasteiger partial charge on any atom is 0.205 e. The van der Waals surface area contributed by atoms with Gasteiger partial charge >= 0.3 is 0 Å². The summed E-state index contributed by atoms with van der Waals surface area (Å²) in [6.45, 7) is 0. The Morgan fingerprint density at radius 2 is 1.72 bits per heavy atom. The molecule has 0 radical (unpaired) electrons. The lowest BCUT2D eigenvalue weighted by atomic mass is 10.1. The van der Waals surface area contributed by atoms with Crippen LogP contribution in [0.3, 0.4) is 0 Å². The molecule has 2 aromatic carbocycles. The summed E-state index contributed by atoms with van der Waals surface area (Å²) in [5.74, 6) is -0.946. The van der Waals surface area contributed by atoms with Gasteiger partial charge in [-0.3, -0.25) is 4.79 Å². The molecule has 2 nitrogen and oxygen atoms in total. The van der Waals surface area contributed by atoms with E-state index in [0.29, 0.717) is 20.4 Å². The average molecular weight is 368 g/mol. The van der Waals surface area contributed by atoms with Crippen LogP contribution in [0.2, 0.25) is 5.02 Å². The molecule has 0 aliphatic carbocycles.